The summed E-state index contributed by atoms with van der Waals surface area (Å²) in [6.45, 7) is 7.69. The number of rotatable bonds is 4. The van der Waals surface area contributed by atoms with Crippen LogP contribution in [0.5, 0.6) is 5.75 Å². The lowest BCUT2D eigenvalue weighted by molar-refractivity contribution is -0.132. The quantitative estimate of drug-likeness (QED) is 0.327. The van der Waals surface area contributed by atoms with Gasteiger partial charge in [-0.15, -0.1) is 0 Å². The van der Waals surface area contributed by atoms with E-state index < -0.39 is 17.7 Å². The molecule has 1 fully saturated rings. The number of carbonyl (C=O) groups excluding carboxylic acids is 2. The number of anilines is 1. The highest BCUT2D eigenvalue weighted by molar-refractivity contribution is 6.51. The van der Waals surface area contributed by atoms with Crippen LogP contribution in [0.4, 0.5) is 5.69 Å². The van der Waals surface area contributed by atoms with E-state index in [1.54, 1.807) is 19.2 Å². The fraction of sp³-hybridized carbons (Fsp3) is 0.214. The maximum atomic E-state index is 13.4. The molecule has 3 aromatic carbocycles. The normalized spacial score (nSPS) is 17.5. The Bertz CT molecular complexity index is 1280. The summed E-state index contributed by atoms with van der Waals surface area (Å²) < 4.78 is 5.40. The highest BCUT2D eigenvalue weighted by Gasteiger charge is 2.47. The minimum atomic E-state index is -0.791. The Morgan fingerprint density at radius 1 is 0.879 bits per heavy atom. The van der Waals surface area contributed by atoms with E-state index >= 15 is 0 Å². The molecular formula is C28H27NO4. The third-order valence-corrected chi connectivity index (χ3v) is 5.99. The summed E-state index contributed by atoms with van der Waals surface area (Å²) in [5.74, 6) is -0.945. The Balaban J connectivity index is 2.01. The number of methoxy groups -OCH3 is 1. The number of aliphatic hydroxyl groups is 1. The fourth-order valence-electron chi connectivity index (χ4n) is 4.45. The molecule has 1 atom stereocenters. The minimum absolute atomic E-state index is 0.0705. The van der Waals surface area contributed by atoms with Gasteiger partial charge in [-0.3, -0.25) is 14.5 Å². The maximum Gasteiger partial charge on any atom is 0.300 e. The second-order valence-electron chi connectivity index (χ2n) is 8.61. The van der Waals surface area contributed by atoms with Crippen molar-refractivity contribution in [2.24, 2.45) is 0 Å². The predicted octanol–water partition coefficient (Wildman–Crippen LogP) is 5.56. The summed E-state index contributed by atoms with van der Waals surface area (Å²) in [4.78, 5) is 28.2. The summed E-state index contributed by atoms with van der Waals surface area (Å²) in [7, 11) is 1.57. The van der Waals surface area contributed by atoms with Crippen molar-refractivity contribution in [2.75, 3.05) is 12.0 Å². The predicted molar refractivity (Wildman–Crippen MR) is 130 cm³/mol. The van der Waals surface area contributed by atoms with Crippen LogP contribution in [0.25, 0.3) is 5.76 Å². The van der Waals surface area contributed by atoms with Crippen LogP contribution in [0, 0.1) is 27.7 Å². The first-order chi connectivity index (χ1) is 15.7. The number of aryl methyl sites for hydroxylation is 4. The number of hydrogen-bond acceptors (Lipinski definition) is 4. The molecule has 0 aliphatic carbocycles. The third-order valence-electron chi connectivity index (χ3n) is 5.99. The molecule has 1 aliphatic heterocycles. The number of Topliss-reactive ketones (excluding diaryl/α,β-unsaturated/α-hetero) is 1. The second-order valence-corrected chi connectivity index (χ2v) is 8.61. The van der Waals surface area contributed by atoms with E-state index in [9.17, 15) is 14.7 Å². The van der Waals surface area contributed by atoms with Crippen molar-refractivity contribution in [2.45, 2.75) is 33.7 Å². The molecule has 33 heavy (non-hydrogen) atoms. The average Bonchev–Trinajstić information content (AvgIpc) is 3.05. The number of amides is 1. The highest BCUT2D eigenvalue weighted by atomic mass is 16.5. The molecule has 5 heteroatoms. The summed E-state index contributed by atoms with van der Waals surface area (Å²) >= 11 is 0. The van der Waals surface area contributed by atoms with Gasteiger partial charge in [-0.05, 0) is 80.3 Å². The van der Waals surface area contributed by atoms with Crippen LogP contribution in [0.3, 0.4) is 0 Å². The van der Waals surface area contributed by atoms with Gasteiger partial charge >= 0.3 is 0 Å². The van der Waals surface area contributed by atoms with E-state index in [2.05, 4.69) is 0 Å². The average molecular weight is 442 g/mol. The van der Waals surface area contributed by atoms with Gasteiger partial charge < -0.3 is 9.84 Å². The Labute approximate surface area is 193 Å². The van der Waals surface area contributed by atoms with Crippen molar-refractivity contribution in [1.82, 2.24) is 0 Å². The van der Waals surface area contributed by atoms with E-state index in [4.69, 9.17) is 4.74 Å². The Morgan fingerprint density at radius 3 is 2.24 bits per heavy atom. The van der Waals surface area contributed by atoms with Crippen LogP contribution < -0.4 is 9.64 Å². The monoisotopic (exact) mass is 441 g/mol. The van der Waals surface area contributed by atoms with Crippen LogP contribution in [0.15, 0.2) is 66.2 Å². The molecule has 5 nitrogen and oxygen atoms in total. The number of ether oxygens (including phenoxy) is 1. The minimum Gasteiger partial charge on any atom is -0.507 e. The van der Waals surface area contributed by atoms with E-state index in [1.807, 2.05) is 76.2 Å². The van der Waals surface area contributed by atoms with Gasteiger partial charge in [0.2, 0.25) is 0 Å². The van der Waals surface area contributed by atoms with Crippen LogP contribution >= 0.6 is 0 Å². The van der Waals surface area contributed by atoms with Crippen LogP contribution in [-0.4, -0.2) is 23.9 Å². The summed E-state index contributed by atoms with van der Waals surface area (Å²) in [6, 6.07) is 17.9. The molecule has 1 heterocycles. The largest absolute Gasteiger partial charge is 0.507 e. The summed E-state index contributed by atoms with van der Waals surface area (Å²) in [5.41, 5.74) is 5.63. The number of nitrogens with zero attached hydrogens (tertiary/aromatic N) is 1. The number of ketones is 1. The van der Waals surface area contributed by atoms with Crippen LogP contribution in [0.2, 0.25) is 0 Å². The zero-order valence-electron chi connectivity index (χ0n) is 19.5. The molecule has 4 rings (SSSR count). The lowest BCUT2D eigenvalue weighted by Crippen LogP contribution is -2.29. The first kappa shape index (κ1) is 22.3. The number of aliphatic hydroxyl groups excluding tert-OH is 1. The molecule has 1 N–H and O–H groups in total. The van der Waals surface area contributed by atoms with E-state index in [-0.39, 0.29) is 11.3 Å². The van der Waals surface area contributed by atoms with Gasteiger partial charge in [-0.1, -0.05) is 35.9 Å². The van der Waals surface area contributed by atoms with Crippen LogP contribution in [-0.2, 0) is 9.59 Å². The SMILES string of the molecule is COc1cccc(C2/C(=C(\O)c3cc(C)ccc3C)C(=O)C(=O)N2c2cc(C)cc(C)c2)c1. The maximum absolute atomic E-state index is 13.4. The van der Waals surface area contributed by atoms with Gasteiger partial charge in [-0.2, -0.15) is 0 Å². The molecule has 0 aromatic heterocycles. The molecule has 1 amide bonds. The molecule has 1 aliphatic rings. The first-order valence-corrected chi connectivity index (χ1v) is 10.8. The molecule has 0 spiro atoms. The lowest BCUT2D eigenvalue weighted by Gasteiger charge is -2.26. The summed E-state index contributed by atoms with van der Waals surface area (Å²) in [6.07, 6.45) is 0. The lowest BCUT2D eigenvalue weighted by atomic mass is 9.93. The first-order valence-electron chi connectivity index (χ1n) is 10.8. The molecule has 1 saturated heterocycles. The third kappa shape index (κ3) is 4.02. The van der Waals surface area contributed by atoms with E-state index in [0.29, 0.717) is 22.6 Å². The van der Waals surface area contributed by atoms with Gasteiger partial charge in [0.15, 0.2) is 0 Å². The number of carbonyl (C=O) groups is 2. The molecule has 0 saturated carbocycles. The van der Waals surface area contributed by atoms with Crippen LogP contribution in [0.1, 0.15) is 39.4 Å². The zero-order valence-corrected chi connectivity index (χ0v) is 19.5. The molecule has 0 bridgehead atoms. The highest BCUT2D eigenvalue weighted by Crippen LogP contribution is 2.43. The standard InChI is InChI=1S/C28H27NO4/c1-16-9-10-19(4)23(14-16)26(30)24-25(20-7-6-8-22(15-20)33-5)29(28(32)27(24)31)21-12-17(2)11-18(3)13-21/h6-15,25,30H,1-5H3/b26-24+. The fourth-order valence-corrected chi connectivity index (χ4v) is 4.45. The molecule has 1 unspecified atom stereocenters. The van der Waals surface area contributed by atoms with Crippen molar-refractivity contribution in [1.29, 1.82) is 0 Å². The smallest absolute Gasteiger partial charge is 0.300 e. The van der Waals surface area contributed by atoms with Gasteiger partial charge in [0, 0.05) is 11.3 Å². The molecule has 0 radical (unpaired) electrons. The van der Waals surface area contributed by atoms with Gasteiger partial charge in [0.25, 0.3) is 11.7 Å². The van der Waals surface area contributed by atoms with Crippen molar-refractivity contribution in [3.05, 3.63) is 99.6 Å². The topological polar surface area (TPSA) is 66.8 Å². The van der Waals surface area contributed by atoms with E-state index in [0.717, 1.165) is 22.3 Å². The van der Waals surface area contributed by atoms with Crippen molar-refractivity contribution in [3.63, 3.8) is 0 Å². The molecule has 168 valence electrons. The van der Waals surface area contributed by atoms with E-state index in [1.165, 1.54) is 4.90 Å². The van der Waals surface area contributed by atoms with Crippen molar-refractivity contribution >= 4 is 23.1 Å². The van der Waals surface area contributed by atoms with Crippen molar-refractivity contribution in [3.8, 4) is 5.75 Å². The molecular weight excluding hydrogens is 414 g/mol. The molecule has 3 aromatic rings. The Kier molecular flexibility index (Phi) is 5.81. The second kappa shape index (κ2) is 8.58. The van der Waals surface area contributed by atoms with Gasteiger partial charge in [-0.25, -0.2) is 0 Å². The summed E-state index contributed by atoms with van der Waals surface area (Å²) in [5, 5.41) is 11.4. The van der Waals surface area contributed by atoms with Gasteiger partial charge in [0.1, 0.15) is 11.5 Å². The number of benzene rings is 3. The number of hydrogen-bond donors (Lipinski definition) is 1. The van der Waals surface area contributed by atoms with Crippen molar-refractivity contribution < 1.29 is 19.4 Å². The Morgan fingerprint density at radius 2 is 1.58 bits per heavy atom. The van der Waals surface area contributed by atoms with Gasteiger partial charge in [0.05, 0.1) is 18.7 Å². The Hall–Kier alpha value is -3.86. The zero-order chi connectivity index (χ0) is 23.9.